The molecule has 1 atom stereocenters. The zero-order chi connectivity index (χ0) is 18.7. The number of aromatic nitrogens is 2. The summed E-state index contributed by atoms with van der Waals surface area (Å²) in [4.78, 5) is 8.48. The van der Waals surface area contributed by atoms with Gasteiger partial charge in [0.2, 0.25) is 0 Å². The van der Waals surface area contributed by atoms with Gasteiger partial charge in [-0.05, 0) is 36.2 Å². The highest BCUT2D eigenvalue weighted by molar-refractivity contribution is 6.31. The van der Waals surface area contributed by atoms with Gasteiger partial charge in [-0.3, -0.25) is 0 Å². The Balaban J connectivity index is 1.72. The van der Waals surface area contributed by atoms with Crippen molar-refractivity contribution >= 4 is 29.0 Å². The Labute approximate surface area is 161 Å². The Morgan fingerprint density at radius 1 is 1.08 bits per heavy atom. The van der Waals surface area contributed by atoms with E-state index in [4.69, 9.17) is 28.9 Å². The first kappa shape index (κ1) is 18.6. The zero-order valence-electron chi connectivity index (χ0n) is 14.0. The number of rotatable bonds is 5. The molecular weight excluding hydrogens is 374 g/mol. The molecule has 0 aliphatic carbocycles. The molecule has 26 heavy (non-hydrogen) atoms. The Morgan fingerprint density at radius 3 is 2.62 bits per heavy atom. The monoisotopic (exact) mass is 390 g/mol. The van der Waals surface area contributed by atoms with Crippen molar-refractivity contribution in [2.24, 2.45) is 5.73 Å². The fourth-order valence-corrected chi connectivity index (χ4v) is 2.74. The summed E-state index contributed by atoms with van der Waals surface area (Å²) in [7, 11) is 0. The molecule has 2 aromatic carbocycles. The van der Waals surface area contributed by atoms with Gasteiger partial charge < -0.3 is 11.1 Å². The number of anilines is 1. The number of nitrogens with two attached hydrogens (primary N) is 1. The van der Waals surface area contributed by atoms with Gasteiger partial charge in [0, 0.05) is 29.2 Å². The van der Waals surface area contributed by atoms with Gasteiger partial charge in [-0.1, -0.05) is 41.4 Å². The third-order valence-corrected chi connectivity index (χ3v) is 4.72. The average molecular weight is 391 g/mol. The lowest BCUT2D eigenvalue weighted by Gasteiger charge is -2.14. The predicted molar refractivity (Wildman–Crippen MR) is 104 cm³/mol. The standard InChI is InChI=1S/C19H17Cl2FN4/c1-11-2-3-13(6-15(11)21)18-8-19(26-10-25-18)24-9-17(23)12-4-5-14(20)16(22)7-12/h2-8,10,17H,9,23H2,1H3,(H,24,25,26)/t17-/m1/s1. The van der Waals surface area contributed by atoms with Crippen molar-refractivity contribution in [1.29, 1.82) is 0 Å². The second kappa shape index (κ2) is 7.99. The van der Waals surface area contributed by atoms with Gasteiger partial charge in [-0.25, -0.2) is 14.4 Å². The van der Waals surface area contributed by atoms with Gasteiger partial charge in [0.05, 0.1) is 10.7 Å². The van der Waals surface area contributed by atoms with Crippen molar-refractivity contribution in [3.05, 3.63) is 75.8 Å². The quantitative estimate of drug-likeness (QED) is 0.642. The summed E-state index contributed by atoms with van der Waals surface area (Å²) in [5, 5.41) is 3.91. The van der Waals surface area contributed by atoms with E-state index < -0.39 is 11.9 Å². The van der Waals surface area contributed by atoms with E-state index in [0.29, 0.717) is 22.9 Å². The summed E-state index contributed by atoms with van der Waals surface area (Å²) in [5.41, 5.74) is 9.41. The first-order valence-corrected chi connectivity index (χ1v) is 8.72. The molecule has 4 nitrogen and oxygen atoms in total. The molecule has 1 heterocycles. The number of nitrogens with zero attached hydrogens (tertiary/aromatic N) is 2. The van der Waals surface area contributed by atoms with Crippen molar-refractivity contribution in [3.63, 3.8) is 0 Å². The average Bonchev–Trinajstić information content (AvgIpc) is 2.64. The van der Waals surface area contributed by atoms with Gasteiger partial charge in [0.1, 0.15) is 18.0 Å². The van der Waals surface area contributed by atoms with E-state index in [1.807, 2.05) is 31.2 Å². The first-order chi connectivity index (χ1) is 12.4. The lowest BCUT2D eigenvalue weighted by Crippen LogP contribution is -2.21. The summed E-state index contributed by atoms with van der Waals surface area (Å²) in [5.74, 6) is 0.136. The van der Waals surface area contributed by atoms with Crippen LogP contribution < -0.4 is 11.1 Å². The van der Waals surface area contributed by atoms with Crippen LogP contribution in [-0.4, -0.2) is 16.5 Å². The number of hydrogen-bond acceptors (Lipinski definition) is 4. The van der Waals surface area contributed by atoms with Crippen LogP contribution in [0.4, 0.5) is 10.2 Å². The van der Waals surface area contributed by atoms with Crippen LogP contribution >= 0.6 is 23.2 Å². The fourth-order valence-electron chi connectivity index (χ4n) is 2.44. The molecule has 3 aromatic rings. The smallest absolute Gasteiger partial charge is 0.142 e. The minimum atomic E-state index is -0.486. The normalized spacial score (nSPS) is 12.0. The van der Waals surface area contributed by atoms with Crippen molar-refractivity contribution in [1.82, 2.24) is 9.97 Å². The molecule has 134 valence electrons. The number of nitrogens with one attached hydrogen (secondary N) is 1. The first-order valence-electron chi connectivity index (χ1n) is 7.97. The van der Waals surface area contributed by atoms with Crippen LogP contribution in [-0.2, 0) is 0 Å². The summed E-state index contributed by atoms with van der Waals surface area (Å²) in [6, 6.07) is 11.7. The predicted octanol–water partition coefficient (Wildman–Crippen LogP) is 5.01. The lowest BCUT2D eigenvalue weighted by atomic mass is 10.1. The van der Waals surface area contributed by atoms with E-state index in [0.717, 1.165) is 16.8 Å². The van der Waals surface area contributed by atoms with Crippen LogP contribution in [0.5, 0.6) is 0 Å². The summed E-state index contributed by atoms with van der Waals surface area (Å²) >= 11 is 11.9. The molecule has 0 radical (unpaired) electrons. The molecule has 0 unspecified atom stereocenters. The molecule has 0 saturated heterocycles. The van der Waals surface area contributed by atoms with Gasteiger partial charge in [0.25, 0.3) is 0 Å². The maximum absolute atomic E-state index is 13.6. The summed E-state index contributed by atoms with van der Waals surface area (Å²) < 4.78 is 13.6. The van der Waals surface area contributed by atoms with Crippen LogP contribution in [0.15, 0.2) is 48.8 Å². The van der Waals surface area contributed by atoms with Crippen molar-refractivity contribution in [2.45, 2.75) is 13.0 Å². The summed E-state index contributed by atoms with van der Waals surface area (Å²) in [6.45, 7) is 2.33. The van der Waals surface area contributed by atoms with Gasteiger partial charge in [0.15, 0.2) is 0 Å². The van der Waals surface area contributed by atoms with Crippen LogP contribution in [0.1, 0.15) is 17.2 Å². The highest BCUT2D eigenvalue weighted by atomic mass is 35.5. The second-order valence-corrected chi connectivity index (χ2v) is 6.73. The maximum Gasteiger partial charge on any atom is 0.142 e. The SMILES string of the molecule is Cc1ccc(-c2cc(NC[C@@H](N)c3ccc(Cl)c(F)c3)ncn2)cc1Cl. The van der Waals surface area contributed by atoms with Crippen molar-refractivity contribution < 1.29 is 4.39 Å². The topological polar surface area (TPSA) is 63.8 Å². The number of halogens is 3. The molecule has 0 amide bonds. The van der Waals surface area contributed by atoms with E-state index in [-0.39, 0.29) is 5.02 Å². The molecule has 7 heteroatoms. The second-order valence-electron chi connectivity index (χ2n) is 5.91. The van der Waals surface area contributed by atoms with E-state index >= 15 is 0 Å². The highest BCUT2D eigenvalue weighted by Gasteiger charge is 2.10. The van der Waals surface area contributed by atoms with E-state index in [1.165, 1.54) is 18.5 Å². The number of aryl methyl sites for hydroxylation is 1. The molecule has 0 saturated carbocycles. The van der Waals surface area contributed by atoms with Crippen LogP contribution in [0.3, 0.4) is 0 Å². The van der Waals surface area contributed by atoms with E-state index in [9.17, 15) is 4.39 Å². The molecule has 3 rings (SSSR count). The highest BCUT2D eigenvalue weighted by Crippen LogP contribution is 2.25. The van der Waals surface area contributed by atoms with Crippen molar-refractivity contribution in [2.75, 3.05) is 11.9 Å². The van der Waals surface area contributed by atoms with Crippen LogP contribution in [0.25, 0.3) is 11.3 Å². The molecule has 0 aliphatic rings. The Bertz CT molecular complexity index is 933. The fraction of sp³-hybridized carbons (Fsp3) is 0.158. The molecule has 0 bridgehead atoms. The molecular formula is C19H17Cl2FN4. The molecule has 0 aliphatic heterocycles. The molecule has 1 aromatic heterocycles. The maximum atomic E-state index is 13.6. The lowest BCUT2D eigenvalue weighted by molar-refractivity contribution is 0.621. The van der Waals surface area contributed by atoms with Crippen LogP contribution in [0.2, 0.25) is 10.0 Å². The summed E-state index contributed by atoms with van der Waals surface area (Å²) in [6.07, 6.45) is 1.47. The van der Waals surface area contributed by atoms with E-state index in [2.05, 4.69) is 15.3 Å². The third kappa shape index (κ3) is 4.30. The molecule has 0 fully saturated rings. The Kier molecular flexibility index (Phi) is 5.71. The van der Waals surface area contributed by atoms with Gasteiger partial charge in [-0.15, -0.1) is 0 Å². The molecule has 0 spiro atoms. The zero-order valence-corrected chi connectivity index (χ0v) is 15.5. The van der Waals surface area contributed by atoms with Crippen molar-refractivity contribution in [3.8, 4) is 11.3 Å². The van der Waals surface area contributed by atoms with Crippen LogP contribution in [0, 0.1) is 12.7 Å². The minimum Gasteiger partial charge on any atom is -0.368 e. The molecule has 3 N–H and O–H groups in total. The Morgan fingerprint density at radius 2 is 1.88 bits per heavy atom. The Hall–Kier alpha value is -2.21. The largest absolute Gasteiger partial charge is 0.368 e. The van der Waals surface area contributed by atoms with Gasteiger partial charge in [-0.2, -0.15) is 0 Å². The van der Waals surface area contributed by atoms with Gasteiger partial charge >= 0.3 is 0 Å². The number of hydrogen-bond donors (Lipinski definition) is 2. The third-order valence-electron chi connectivity index (χ3n) is 4.01. The minimum absolute atomic E-state index is 0.0751. The number of benzene rings is 2. The van der Waals surface area contributed by atoms with E-state index in [1.54, 1.807) is 6.07 Å².